The second kappa shape index (κ2) is 3.92. The molecule has 0 saturated carbocycles. The average molecular weight is 179 g/mol. The molecular formula is C5H11BrN2. The van der Waals surface area contributed by atoms with Crippen molar-refractivity contribution in [1.82, 2.24) is 5.32 Å². The first-order valence-corrected chi connectivity index (χ1v) is 3.36. The Hall–Kier alpha value is -0.0200. The SMILES string of the molecule is C=CN[C@@H](Br)C(C)N. The maximum Gasteiger partial charge on any atom is 0.0963 e. The second-order valence-electron chi connectivity index (χ2n) is 1.63. The van der Waals surface area contributed by atoms with E-state index in [-0.39, 0.29) is 11.0 Å². The summed E-state index contributed by atoms with van der Waals surface area (Å²) in [6.07, 6.45) is 1.61. The van der Waals surface area contributed by atoms with Gasteiger partial charge in [-0.2, -0.15) is 0 Å². The zero-order valence-electron chi connectivity index (χ0n) is 4.89. The normalized spacial score (nSPS) is 16.9. The minimum Gasteiger partial charge on any atom is -0.378 e. The third kappa shape index (κ3) is 3.04. The molecule has 0 aliphatic heterocycles. The molecule has 0 spiro atoms. The third-order valence-corrected chi connectivity index (χ3v) is 1.84. The van der Waals surface area contributed by atoms with Gasteiger partial charge in [0, 0.05) is 6.04 Å². The summed E-state index contributed by atoms with van der Waals surface area (Å²) in [4.78, 5) is 0.139. The highest BCUT2D eigenvalue weighted by molar-refractivity contribution is 9.09. The van der Waals surface area contributed by atoms with Crippen molar-refractivity contribution >= 4 is 15.9 Å². The number of alkyl halides is 1. The third-order valence-electron chi connectivity index (χ3n) is 0.739. The average Bonchev–Trinajstić information content (AvgIpc) is 1.67. The van der Waals surface area contributed by atoms with Gasteiger partial charge in [0.2, 0.25) is 0 Å². The Morgan fingerprint density at radius 2 is 2.38 bits per heavy atom. The van der Waals surface area contributed by atoms with Crippen LogP contribution in [-0.4, -0.2) is 11.0 Å². The molecule has 48 valence electrons. The molecule has 0 radical (unpaired) electrons. The lowest BCUT2D eigenvalue weighted by Gasteiger charge is -2.12. The van der Waals surface area contributed by atoms with Gasteiger partial charge in [0.05, 0.1) is 4.95 Å². The molecule has 0 fully saturated rings. The van der Waals surface area contributed by atoms with Crippen LogP contribution >= 0.6 is 15.9 Å². The highest BCUT2D eigenvalue weighted by Gasteiger charge is 2.03. The molecular weight excluding hydrogens is 168 g/mol. The summed E-state index contributed by atoms with van der Waals surface area (Å²) in [5.41, 5.74) is 5.46. The van der Waals surface area contributed by atoms with Crippen molar-refractivity contribution in [3.8, 4) is 0 Å². The summed E-state index contributed by atoms with van der Waals surface area (Å²) in [6.45, 7) is 5.40. The molecule has 0 aromatic heterocycles. The van der Waals surface area contributed by atoms with Crippen molar-refractivity contribution in [2.24, 2.45) is 5.73 Å². The van der Waals surface area contributed by atoms with Crippen LogP contribution in [-0.2, 0) is 0 Å². The van der Waals surface area contributed by atoms with Gasteiger partial charge >= 0.3 is 0 Å². The van der Waals surface area contributed by atoms with Gasteiger partial charge in [0.15, 0.2) is 0 Å². The summed E-state index contributed by atoms with van der Waals surface area (Å²) in [5, 5.41) is 2.90. The lowest BCUT2D eigenvalue weighted by atomic mass is 10.4. The molecule has 0 amide bonds. The van der Waals surface area contributed by atoms with E-state index in [2.05, 4.69) is 27.8 Å². The summed E-state index contributed by atoms with van der Waals surface area (Å²) in [6, 6.07) is 0.105. The van der Waals surface area contributed by atoms with Gasteiger partial charge in [-0.05, 0) is 13.1 Å². The molecule has 0 aliphatic carbocycles. The van der Waals surface area contributed by atoms with Gasteiger partial charge in [-0.25, -0.2) is 0 Å². The topological polar surface area (TPSA) is 38.0 Å². The van der Waals surface area contributed by atoms with Crippen LogP contribution in [0.1, 0.15) is 6.92 Å². The fourth-order valence-electron chi connectivity index (χ4n) is 0.264. The number of rotatable bonds is 3. The number of halogens is 1. The minimum absolute atomic E-state index is 0.105. The number of nitrogens with one attached hydrogen (secondary N) is 1. The van der Waals surface area contributed by atoms with Crippen LogP contribution in [0.4, 0.5) is 0 Å². The lowest BCUT2D eigenvalue weighted by Crippen LogP contribution is -2.35. The maximum absolute atomic E-state index is 5.46. The highest BCUT2D eigenvalue weighted by Crippen LogP contribution is 1.97. The summed E-state index contributed by atoms with van der Waals surface area (Å²) >= 11 is 3.29. The number of hydrogen-bond acceptors (Lipinski definition) is 2. The summed E-state index contributed by atoms with van der Waals surface area (Å²) in [7, 11) is 0. The molecule has 0 heterocycles. The van der Waals surface area contributed by atoms with Crippen LogP contribution in [0.2, 0.25) is 0 Å². The monoisotopic (exact) mass is 178 g/mol. The Morgan fingerprint density at radius 3 is 2.50 bits per heavy atom. The molecule has 0 aromatic rings. The smallest absolute Gasteiger partial charge is 0.0963 e. The van der Waals surface area contributed by atoms with Crippen LogP contribution < -0.4 is 11.1 Å². The van der Waals surface area contributed by atoms with E-state index < -0.39 is 0 Å². The molecule has 0 saturated heterocycles. The first-order valence-electron chi connectivity index (χ1n) is 2.45. The van der Waals surface area contributed by atoms with Crippen LogP contribution in [0.15, 0.2) is 12.8 Å². The summed E-state index contributed by atoms with van der Waals surface area (Å²) < 4.78 is 0. The molecule has 0 aliphatic rings. The van der Waals surface area contributed by atoms with Gasteiger partial charge in [-0.15, -0.1) is 0 Å². The Kier molecular flexibility index (Phi) is 3.91. The molecule has 2 nitrogen and oxygen atoms in total. The van der Waals surface area contributed by atoms with E-state index in [1.807, 2.05) is 6.92 Å². The van der Waals surface area contributed by atoms with Gasteiger partial charge in [-0.3, -0.25) is 0 Å². The van der Waals surface area contributed by atoms with Crippen molar-refractivity contribution in [3.63, 3.8) is 0 Å². The molecule has 1 unspecified atom stereocenters. The number of nitrogens with two attached hydrogens (primary N) is 1. The van der Waals surface area contributed by atoms with Crippen LogP contribution in [0.25, 0.3) is 0 Å². The van der Waals surface area contributed by atoms with Crippen LogP contribution in [0, 0.1) is 0 Å². The molecule has 3 heteroatoms. The Morgan fingerprint density at radius 1 is 1.88 bits per heavy atom. The molecule has 0 aromatic carbocycles. The molecule has 8 heavy (non-hydrogen) atoms. The zero-order valence-corrected chi connectivity index (χ0v) is 6.48. The van der Waals surface area contributed by atoms with Crippen molar-refractivity contribution < 1.29 is 0 Å². The molecule has 3 N–H and O–H groups in total. The van der Waals surface area contributed by atoms with Crippen molar-refractivity contribution in [2.75, 3.05) is 0 Å². The van der Waals surface area contributed by atoms with Gasteiger partial charge in [-0.1, -0.05) is 22.5 Å². The Labute approximate surface area is 58.3 Å². The van der Waals surface area contributed by atoms with Crippen molar-refractivity contribution in [1.29, 1.82) is 0 Å². The van der Waals surface area contributed by atoms with E-state index in [0.717, 1.165) is 0 Å². The highest BCUT2D eigenvalue weighted by atomic mass is 79.9. The molecule has 0 rings (SSSR count). The largest absolute Gasteiger partial charge is 0.378 e. The first kappa shape index (κ1) is 7.98. The minimum atomic E-state index is 0.105. The van der Waals surface area contributed by atoms with Crippen LogP contribution in [0.5, 0.6) is 0 Å². The fourth-order valence-corrected chi connectivity index (χ4v) is 0.451. The predicted molar refractivity (Wildman–Crippen MR) is 39.7 cm³/mol. The van der Waals surface area contributed by atoms with E-state index >= 15 is 0 Å². The van der Waals surface area contributed by atoms with E-state index in [9.17, 15) is 0 Å². The molecule has 0 bridgehead atoms. The quantitative estimate of drug-likeness (QED) is 0.496. The van der Waals surface area contributed by atoms with Crippen molar-refractivity contribution in [2.45, 2.75) is 17.9 Å². The fraction of sp³-hybridized carbons (Fsp3) is 0.600. The predicted octanol–water partition coefficient (Wildman–Crippen LogP) is 0.788. The second-order valence-corrected chi connectivity index (χ2v) is 2.62. The van der Waals surface area contributed by atoms with E-state index in [1.54, 1.807) is 6.20 Å². The Balaban J connectivity index is 3.30. The Bertz CT molecular complexity index is 72.8. The maximum atomic E-state index is 5.46. The van der Waals surface area contributed by atoms with E-state index in [1.165, 1.54) is 0 Å². The summed E-state index contributed by atoms with van der Waals surface area (Å²) in [5.74, 6) is 0. The van der Waals surface area contributed by atoms with E-state index in [4.69, 9.17) is 5.73 Å². The number of hydrogen-bond donors (Lipinski definition) is 2. The van der Waals surface area contributed by atoms with Gasteiger partial charge < -0.3 is 11.1 Å². The lowest BCUT2D eigenvalue weighted by molar-refractivity contribution is 0.652. The van der Waals surface area contributed by atoms with E-state index in [0.29, 0.717) is 0 Å². The van der Waals surface area contributed by atoms with Crippen LogP contribution in [0.3, 0.4) is 0 Å². The van der Waals surface area contributed by atoms with Gasteiger partial charge in [0.25, 0.3) is 0 Å². The van der Waals surface area contributed by atoms with Gasteiger partial charge in [0.1, 0.15) is 0 Å². The van der Waals surface area contributed by atoms with Crippen molar-refractivity contribution in [3.05, 3.63) is 12.8 Å². The zero-order chi connectivity index (χ0) is 6.57. The first-order chi connectivity index (χ1) is 3.68. The standard InChI is InChI=1S/C5H11BrN2/c1-3-8-5(6)4(2)7/h3-5,8H,1,7H2,2H3/t4?,5-/m1/s1. The molecule has 2 atom stereocenters.